The van der Waals surface area contributed by atoms with Crippen molar-refractivity contribution in [1.29, 1.82) is 0 Å². The SMILES string of the molecule is CCCn1c(=NC(=O)C=Cc2cccs2)sc2cc(OC)ccc21. The van der Waals surface area contributed by atoms with E-state index in [1.807, 2.05) is 35.7 Å². The number of rotatable bonds is 5. The summed E-state index contributed by atoms with van der Waals surface area (Å²) in [6.45, 7) is 2.94. The molecule has 0 N–H and O–H groups in total. The van der Waals surface area contributed by atoms with E-state index in [0.717, 1.165) is 38.6 Å². The highest BCUT2D eigenvalue weighted by atomic mass is 32.1. The van der Waals surface area contributed by atoms with Crippen molar-refractivity contribution in [3.05, 3.63) is 51.5 Å². The van der Waals surface area contributed by atoms with Gasteiger partial charge in [-0.05, 0) is 42.1 Å². The van der Waals surface area contributed by atoms with Crippen LogP contribution in [0.5, 0.6) is 5.75 Å². The number of hydrogen-bond donors (Lipinski definition) is 0. The van der Waals surface area contributed by atoms with E-state index in [9.17, 15) is 4.79 Å². The van der Waals surface area contributed by atoms with E-state index in [1.54, 1.807) is 24.5 Å². The lowest BCUT2D eigenvalue weighted by Crippen LogP contribution is -2.16. The average Bonchev–Trinajstić information content (AvgIpc) is 3.21. The second-order valence-electron chi connectivity index (χ2n) is 5.17. The lowest BCUT2D eigenvalue weighted by molar-refractivity contribution is -0.113. The van der Waals surface area contributed by atoms with Crippen molar-refractivity contribution in [2.75, 3.05) is 7.11 Å². The maximum absolute atomic E-state index is 12.2. The highest BCUT2D eigenvalue weighted by Gasteiger charge is 2.07. The van der Waals surface area contributed by atoms with Crippen LogP contribution in [0.4, 0.5) is 0 Å². The fourth-order valence-electron chi connectivity index (χ4n) is 2.38. The van der Waals surface area contributed by atoms with Crippen LogP contribution in [0, 0.1) is 0 Å². The number of fused-ring (bicyclic) bond motifs is 1. The number of thiophene rings is 1. The van der Waals surface area contributed by atoms with Crippen molar-refractivity contribution in [3.63, 3.8) is 0 Å². The average molecular weight is 358 g/mol. The van der Waals surface area contributed by atoms with Crippen LogP contribution in [-0.4, -0.2) is 17.6 Å². The molecule has 4 nitrogen and oxygen atoms in total. The Morgan fingerprint density at radius 2 is 2.25 bits per heavy atom. The standard InChI is InChI=1S/C18H18N2O2S2/c1-3-10-20-15-8-6-13(22-2)12-16(15)24-18(20)19-17(21)9-7-14-5-4-11-23-14/h4-9,11-12H,3,10H2,1-2H3. The largest absolute Gasteiger partial charge is 0.497 e. The van der Waals surface area contributed by atoms with Gasteiger partial charge in [-0.25, -0.2) is 0 Å². The first-order valence-corrected chi connectivity index (χ1v) is 9.38. The number of ether oxygens (including phenoxy) is 1. The molecule has 1 aromatic carbocycles. The number of carbonyl (C=O) groups is 1. The molecule has 2 heterocycles. The van der Waals surface area contributed by atoms with Gasteiger partial charge in [0.25, 0.3) is 5.91 Å². The Hall–Kier alpha value is -2.18. The molecule has 0 atom stereocenters. The Morgan fingerprint density at radius 1 is 1.38 bits per heavy atom. The molecule has 0 aliphatic rings. The molecule has 0 aliphatic heterocycles. The smallest absolute Gasteiger partial charge is 0.272 e. The molecule has 0 fully saturated rings. The lowest BCUT2D eigenvalue weighted by atomic mass is 10.3. The maximum Gasteiger partial charge on any atom is 0.272 e. The van der Waals surface area contributed by atoms with Crippen LogP contribution in [0.3, 0.4) is 0 Å². The van der Waals surface area contributed by atoms with Crippen LogP contribution in [0.25, 0.3) is 16.3 Å². The predicted molar refractivity (Wildman–Crippen MR) is 101 cm³/mol. The molecule has 124 valence electrons. The second-order valence-corrected chi connectivity index (χ2v) is 7.16. The normalized spacial score (nSPS) is 12.3. The van der Waals surface area contributed by atoms with Gasteiger partial charge in [0.15, 0.2) is 4.80 Å². The molecule has 0 bridgehead atoms. The number of methoxy groups -OCH3 is 1. The first-order chi connectivity index (χ1) is 11.7. The number of aromatic nitrogens is 1. The number of aryl methyl sites for hydroxylation is 1. The molecule has 0 saturated heterocycles. The summed E-state index contributed by atoms with van der Waals surface area (Å²) >= 11 is 3.10. The minimum absolute atomic E-state index is 0.244. The molecular weight excluding hydrogens is 340 g/mol. The molecule has 3 rings (SSSR count). The monoisotopic (exact) mass is 358 g/mol. The Kier molecular flexibility index (Phi) is 5.27. The zero-order valence-electron chi connectivity index (χ0n) is 13.6. The quantitative estimate of drug-likeness (QED) is 0.637. The fourth-order valence-corrected chi connectivity index (χ4v) is 4.08. The molecule has 0 radical (unpaired) electrons. The molecular formula is C18H18N2O2S2. The van der Waals surface area contributed by atoms with Gasteiger partial charge < -0.3 is 9.30 Å². The van der Waals surface area contributed by atoms with Gasteiger partial charge in [-0.3, -0.25) is 4.79 Å². The molecule has 3 aromatic rings. The number of benzene rings is 1. The number of amides is 1. The maximum atomic E-state index is 12.2. The van der Waals surface area contributed by atoms with Gasteiger partial charge in [0, 0.05) is 17.5 Å². The predicted octanol–water partition coefficient (Wildman–Crippen LogP) is 4.32. The van der Waals surface area contributed by atoms with E-state index in [2.05, 4.69) is 16.5 Å². The van der Waals surface area contributed by atoms with Crippen molar-refractivity contribution in [2.45, 2.75) is 19.9 Å². The summed E-state index contributed by atoms with van der Waals surface area (Å²) in [4.78, 5) is 18.2. The van der Waals surface area contributed by atoms with Crippen molar-refractivity contribution in [2.24, 2.45) is 4.99 Å². The van der Waals surface area contributed by atoms with E-state index in [1.165, 1.54) is 17.4 Å². The molecule has 6 heteroatoms. The third-order valence-corrected chi connectivity index (χ3v) is 5.36. The van der Waals surface area contributed by atoms with Crippen LogP contribution < -0.4 is 9.54 Å². The summed E-state index contributed by atoms with van der Waals surface area (Å²) in [6.07, 6.45) is 4.30. The topological polar surface area (TPSA) is 43.6 Å². The Labute approximate surface area is 148 Å². The van der Waals surface area contributed by atoms with Crippen LogP contribution in [0.15, 0.2) is 46.8 Å². The van der Waals surface area contributed by atoms with E-state index in [-0.39, 0.29) is 5.91 Å². The van der Waals surface area contributed by atoms with Crippen LogP contribution in [0.1, 0.15) is 18.2 Å². The molecule has 0 aliphatic carbocycles. The Balaban J connectivity index is 2.00. The van der Waals surface area contributed by atoms with Gasteiger partial charge >= 0.3 is 0 Å². The first-order valence-electron chi connectivity index (χ1n) is 7.69. The van der Waals surface area contributed by atoms with Crippen molar-refractivity contribution in [1.82, 2.24) is 4.57 Å². The van der Waals surface area contributed by atoms with E-state index in [4.69, 9.17) is 4.74 Å². The van der Waals surface area contributed by atoms with Gasteiger partial charge in [-0.1, -0.05) is 24.3 Å². The van der Waals surface area contributed by atoms with Crippen molar-refractivity contribution >= 4 is 44.9 Å². The summed E-state index contributed by atoms with van der Waals surface area (Å²) in [5.41, 5.74) is 1.08. The third kappa shape index (κ3) is 3.66. The number of thiazole rings is 1. The minimum atomic E-state index is -0.244. The van der Waals surface area contributed by atoms with Crippen LogP contribution in [-0.2, 0) is 11.3 Å². The molecule has 2 aromatic heterocycles. The Morgan fingerprint density at radius 3 is 2.96 bits per heavy atom. The summed E-state index contributed by atoms with van der Waals surface area (Å²) in [5, 5.41) is 1.98. The fraction of sp³-hybridized carbons (Fsp3) is 0.222. The van der Waals surface area contributed by atoms with E-state index >= 15 is 0 Å². The summed E-state index contributed by atoms with van der Waals surface area (Å²) in [7, 11) is 1.65. The van der Waals surface area contributed by atoms with Gasteiger partial charge in [0.05, 0.1) is 17.3 Å². The van der Waals surface area contributed by atoms with E-state index < -0.39 is 0 Å². The third-order valence-electron chi connectivity index (χ3n) is 3.48. The van der Waals surface area contributed by atoms with Crippen LogP contribution >= 0.6 is 22.7 Å². The van der Waals surface area contributed by atoms with Gasteiger partial charge in [-0.15, -0.1) is 11.3 Å². The van der Waals surface area contributed by atoms with Gasteiger partial charge in [-0.2, -0.15) is 4.99 Å². The summed E-state index contributed by atoms with van der Waals surface area (Å²) in [5.74, 6) is 0.564. The minimum Gasteiger partial charge on any atom is -0.497 e. The highest BCUT2D eigenvalue weighted by Crippen LogP contribution is 2.23. The second kappa shape index (κ2) is 7.59. The van der Waals surface area contributed by atoms with Gasteiger partial charge in [0.1, 0.15) is 5.75 Å². The van der Waals surface area contributed by atoms with Crippen LogP contribution in [0.2, 0.25) is 0 Å². The van der Waals surface area contributed by atoms with Crippen molar-refractivity contribution in [3.8, 4) is 5.75 Å². The first kappa shape index (κ1) is 16.7. The molecule has 0 saturated carbocycles. The molecule has 0 unspecified atom stereocenters. The zero-order valence-corrected chi connectivity index (χ0v) is 15.2. The molecule has 1 amide bonds. The van der Waals surface area contributed by atoms with Crippen molar-refractivity contribution < 1.29 is 9.53 Å². The summed E-state index contributed by atoms with van der Waals surface area (Å²) in [6, 6.07) is 9.87. The Bertz CT molecular complexity index is 934. The lowest BCUT2D eigenvalue weighted by Gasteiger charge is -2.03. The molecule has 0 spiro atoms. The highest BCUT2D eigenvalue weighted by molar-refractivity contribution is 7.16. The number of hydrogen-bond acceptors (Lipinski definition) is 4. The van der Waals surface area contributed by atoms with Gasteiger partial charge in [0.2, 0.25) is 0 Å². The number of carbonyl (C=O) groups excluding carboxylic acids is 1. The van der Waals surface area contributed by atoms with E-state index in [0.29, 0.717) is 0 Å². The number of nitrogens with zero attached hydrogens (tertiary/aromatic N) is 2. The summed E-state index contributed by atoms with van der Waals surface area (Å²) < 4.78 is 8.44. The molecule has 24 heavy (non-hydrogen) atoms. The zero-order chi connectivity index (χ0) is 16.9.